The lowest BCUT2D eigenvalue weighted by molar-refractivity contribution is 0.0948. The summed E-state index contributed by atoms with van der Waals surface area (Å²) in [6.45, 7) is 7.28. The molecule has 8 heteroatoms. The summed E-state index contributed by atoms with van der Waals surface area (Å²) in [7, 11) is 0. The summed E-state index contributed by atoms with van der Waals surface area (Å²) in [5.41, 5.74) is 2.03. The van der Waals surface area contributed by atoms with E-state index < -0.39 is 0 Å². The van der Waals surface area contributed by atoms with Gasteiger partial charge in [-0.1, -0.05) is 19.0 Å². The van der Waals surface area contributed by atoms with E-state index in [1.165, 1.54) is 12.4 Å². The van der Waals surface area contributed by atoms with Gasteiger partial charge in [-0.15, -0.1) is 0 Å². The van der Waals surface area contributed by atoms with E-state index >= 15 is 0 Å². The number of amides is 1. The van der Waals surface area contributed by atoms with Crippen molar-refractivity contribution >= 4 is 11.6 Å². The van der Waals surface area contributed by atoms with Crippen molar-refractivity contribution in [3.8, 4) is 0 Å². The maximum atomic E-state index is 12.3. The molecular formula is C16H20N6O2. The average molecular weight is 328 g/mol. The maximum Gasteiger partial charge on any atom is 0.257 e. The number of fused-ring (bicyclic) bond motifs is 1. The van der Waals surface area contributed by atoms with Crippen LogP contribution in [0.15, 0.2) is 35.4 Å². The zero-order valence-electron chi connectivity index (χ0n) is 13.8. The van der Waals surface area contributed by atoms with E-state index in [0.29, 0.717) is 17.0 Å². The van der Waals surface area contributed by atoms with Crippen LogP contribution in [0.2, 0.25) is 0 Å². The van der Waals surface area contributed by atoms with Crippen molar-refractivity contribution < 1.29 is 9.32 Å². The second-order valence-electron chi connectivity index (χ2n) is 5.41. The largest absolute Gasteiger partial charge is 0.360 e. The van der Waals surface area contributed by atoms with Crippen LogP contribution in [-0.4, -0.2) is 43.7 Å². The van der Waals surface area contributed by atoms with Gasteiger partial charge in [-0.25, -0.2) is 9.50 Å². The third kappa shape index (κ3) is 3.43. The molecule has 0 aliphatic heterocycles. The van der Waals surface area contributed by atoms with E-state index in [-0.39, 0.29) is 12.5 Å². The number of nitrogens with zero attached hydrogens (tertiary/aromatic N) is 5. The van der Waals surface area contributed by atoms with Crippen molar-refractivity contribution in [2.45, 2.75) is 26.9 Å². The Balaban J connectivity index is 1.74. The molecule has 0 aliphatic carbocycles. The molecule has 0 aliphatic rings. The standard InChI is InChI=1S/C16H20N6O2/c1-3-21(4-2)10-12-7-17-15-14(9-19-22(15)11-12)16(23)18-8-13-5-6-20-24-13/h5-7,9,11H,3-4,8,10H2,1-2H3,(H,18,23). The summed E-state index contributed by atoms with van der Waals surface area (Å²) in [6.07, 6.45) is 6.77. The summed E-state index contributed by atoms with van der Waals surface area (Å²) in [5, 5.41) is 10.6. The molecule has 0 spiro atoms. The first-order chi connectivity index (χ1) is 11.7. The van der Waals surface area contributed by atoms with Crippen LogP contribution in [0.1, 0.15) is 35.5 Å². The molecule has 1 N–H and O–H groups in total. The van der Waals surface area contributed by atoms with Gasteiger partial charge in [0.1, 0.15) is 5.56 Å². The van der Waals surface area contributed by atoms with Crippen LogP contribution in [-0.2, 0) is 13.1 Å². The molecule has 24 heavy (non-hydrogen) atoms. The molecule has 0 aromatic carbocycles. The van der Waals surface area contributed by atoms with E-state index in [4.69, 9.17) is 4.52 Å². The van der Waals surface area contributed by atoms with Crippen LogP contribution in [0.4, 0.5) is 0 Å². The third-order valence-corrected chi connectivity index (χ3v) is 3.87. The molecule has 3 aromatic heterocycles. The second-order valence-corrected chi connectivity index (χ2v) is 5.41. The lowest BCUT2D eigenvalue weighted by Gasteiger charge is -2.17. The van der Waals surface area contributed by atoms with E-state index in [1.54, 1.807) is 16.8 Å². The van der Waals surface area contributed by atoms with Crippen LogP contribution >= 0.6 is 0 Å². The summed E-state index contributed by atoms with van der Waals surface area (Å²) < 4.78 is 6.60. The first-order valence-electron chi connectivity index (χ1n) is 7.93. The van der Waals surface area contributed by atoms with Gasteiger partial charge in [0.2, 0.25) is 0 Å². The van der Waals surface area contributed by atoms with Crippen molar-refractivity contribution in [1.29, 1.82) is 0 Å². The minimum atomic E-state index is -0.245. The minimum absolute atomic E-state index is 0.245. The maximum absolute atomic E-state index is 12.3. The number of carbonyl (C=O) groups excluding carboxylic acids is 1. The predicted octanol–water partition coefficient (Wildman–Crippen LogP) is 1.49. The highest BCUT2D eigenvalue weighted by atomic mass is 16.5. The highest BCUT2D eigenvalue weighted by molar-refractivity contribution is 5.99. The molecule has 0 atom stereocenters. The Morgan fingerprint density at radius 3 is 2.88 bits per heavy atom. The quantitative estimate of drug-likeness (QED) is 0.707. The highest BCUT2D eigenvalue weighted by Crippen LogP contribution is 2.11. The van der Waals surface area contributed by atoms with Gasteiger partial charge in [-0.05, 0) is 13.1 Å². The fraction of sp³-hybridized carbons (Fsp3) is 0.375. The van der Waals surface area contributed by atoms with Crippen molar-refractivity contribution in [2.24, 2.45) is 0 Å². The number of hydrogen-bond acceptors (Lipinski definition) is 6. The molecule has 3 aromatic rings. The Bertz CT molecular complexity index is 807. The number of aromatic nitrogens is 4. The molecule has 0 fully saturated rings. The van der Waals surface area contributed by atoms with Crippen LogP contribution in [0.3, 0.4) is 0 Å². The molecule has 3 rings (SSSR count). The van der Waals surface area contributed by atoms with Gasteiger partial charge in [0, 0.05) is 30.6 Å². The smallest absolute Gasteiger partial charge is 0.257 e. The highest BCUT2D eigenvalue weighted by Gasteiger charge is 2.15. The van der Waals surface area contributed by atoms with Gasteiger partial charge >= 0.3 is 0 Å². The molecule has 3 heterocycles. The van der Waals surface area contributed by atoms with Crippen molar-refractivity contribution in [2.75, 3.05) is 13.1 Å². The Kier molecular flexibility index (Phi) is 4.85. The number of carbonyl (C=O) groups is 1. The van der Waals surface area contributed by atoms with Crippen molar-refractivity contribution in [3.05, 3.63) is 47.7 Å². The van der Waals surface area contributed by atoms with Crippen LogP contribution < -0.4 is 5.32 Å². The zero-order valence-corrected chi connectivity index (χ0v) is 13.8. The molecule has 0 saturated heterocycles. The second kappa shape index (κ2) is 7.22. The molecule has 0 bridgehead atoms. The summed E-state index contributed by atoms with van der Waals surface area (Å²) >= 11 is 0. The van der Waals surface area contributed by atoms with Crippen LogP contribution in [0.5, 0.6) is 0 Å². The minimum Gasteiger partial charge on any atom is -0.360 e. The monoisotopic (exact) mass is 328 g/mol. The summed E-state index contributed by atoms with van der Waals surface area (Å²) in [5.74, 6) is 0.347. The molecule has 8 nitrogen and oxygen atoms in total. The Hall–Kier alpha value is -2.74. The zero-order chi connectivity index (χ0) is 16.9. The summed E-state index contributed by atoms with van der Waals surface area (Å²) in [6, 6.07) is 1.70. The number of nitrogens with one attached hydrogen (secondary N) is 1. The van der Waals surface area contributed by atoms with Crippen LogP contribution in [0.25, 0.3) is 5.65 Å². The van der Waals surface area contributed by atoms with E-state index in [9.17, 15) is 4.79 Å². The fourth-order valence-electron chi connectivity index (χ4n) is 2.46. The van der Waals surface area contributed by atoms with E-state index in [0.717, 1.165) is 25.2 Å². The van der Waals surface area contributed by atoms with E-state index in [2.05, 4.69) is 39.3 Å². The topological polar surface area (TPSA) is 88.6 Å². The normalized spacial score (nSPS) is 11.3. The Morgan fingerprint density at radius 2 is 2.17 bits per heavy atom. The SMILES string of the molecule is CCN(CC)Cc1cnc2c(C(=O)NCc3ccno3)cnn2c1. The predicted molar refractivity (Wildman–Crippen MR) is 87.3 cm³/mol. The Morgan fingerprint density at radius 1 is 1.33 bits per heavy atom. The molecule has 0 radical (unpaired) electrons. The first kappa shape index (κ1) is 16.1. The lowest BCUT2D eigenvalue weighted by Crippen LogP contribution is -2.23. The molecule has 0 unspecified atom stereocenters. The lowest BCUT2D eigenvalue weighted by atomic mass is 10.3. The molecule has 1 amide bonds. The molecule has 0 saturated carbocycles. The summed E-state index contributed by atoms with van der Waals surface area (Å²) in [4.78, 5) is 19.0. The van der Waals surface area contributed by atoms with Crippen molar-refractivity contribution in [1.82, 2.24) is 30.0 Å². The van der Waals surface area contributed by atoms with Gasteiger partial charge in [0.05, 0.1) is 18.9 Å². The van der Waals surface area contributed by atoms with Crippen LogP contribution in [0, 0.1) is 0 Å². The van der Waals surface area contributed by atoms with Gasteiger partial charge in [-0.3, -0.25) is 9.69 Å². The van der Waals surface area contributed by atoms with Gasteiger partial charge < -0.3 is 9.84 Å². The molecule has 126 valence electrons. The van der Waals surface area contributed by atoms with E-state index in [1.807, 2.05) is 6.20 Å². The van der Waals surface area contributed by atoms with Gasteiger partial charge in [-0.2, -0.15) is 5.10 Å². The fourth-order valence-corrected chi connectivity index (χ4v) is 2.46. The number of rotatable bonds is 7. The average Bonchev–Trinajstić information content (AvgIpc) is 3.26. The molecular weight excluding hydrogens is 308 g/mol. The Labute approximate surface area is 139 Å². The third-order valence-electron chi connectivity index (χ3n) is 3.87. The van der Waals surface area contributed by atoms with Gasteiger partial charge in [0.25, 0.3) is 5.91 Å². The van der Waals surface area contributed by atoms with Crippen molar-refractivity contribution in [3.63, 3.8) is 0 Å². The van der Waals surface area contributed by atoms with Gasteiger partial charge in [0.15, 0.2) is 11.4 Å². The first-order valence-corrected chi connectivity index (χ1v) is 7.93. The number of hydrogen-bond donors (Lipinski definition) is 1.